The van der Waals surface area contributed by atoms with E-state index in [1.807, 2.05) is 36.5 Å². The van der Waals surface area contributed by atoms with Gasteiger partial charge in [-0.1, -0.05) is 36.4 Å². The van der Waals surface area contributed by atoms with Crippen molar-refractivity contribution in [2.24, 2.45) is 10.2 Å². The second kappa shape index (κ2) is 7.41. The summed E-state index contributed by atoms with van der Waals surface area (Å²) in [5.41, 5.74) is 2.18. The van der Waals surface area contributed by atoms with Crippen LogP contribution >= 0.6 is 0 Å². The van der Waals surface area contributed by atoms with Gasteiger partial charge in [0.05, 0.1) is 11.9 Å². The third-order valence-corrected chi connectivity index (χ3v) is 3.71. The van der Waals surface area contributed by atoms with Crippen molar-refractivity contribution >= 4 is 11.4 Å². The lowest BCUT2D eigenvalue weighted by Gasteiger charge is -2.35. The molecule has 1 aliphatic rings. The Labute approximate surface area is 131 Å². The summed E-state index contributed by atoms with van der Waals surface area (Å²) in [6.07, 6.45) is 3.79. The predicted octanol–water partition coefficient (Wildman–Crippen LogP) is 4.06. The van der Waals surface area contributed by atoms with Crippen LogP contribution in [0.1, 0.15) is 0 Å². The first-order valence-corrected chi connectivity index (χ1v) is 7.58. The Morgan fingerprint density at radius 2 is 1.41 bits per heavy atom. The van der Waals surface area contributed by atoms with Crippen molar-refractivity contribution in [3.05, 3.63) is 73.1 Å². The number of benzene rings is 2. The van der Waals surface area contributed by atoms with Gasteiger partial charge in [0.15, 0.2) is 0 Å². The first-order chi connectivity index (χ1) is 10.9. The van der Waals surface area contributed by atoms with Gasteiger partial charge in [-0.2, -0.15) is 10.2 Å². The van der Waals surface area contributed by atoms with Gasteiger partial charge in [0.1, 0.15) is 0 Å². The topological polar surface area (TPSA) is 31.2 Å². The van der Waals surface area contributed by atoms with Crippen molar-refractivity contribution in [2.75, 3.05) is 31.1 Å². The molecule has 22 heavy (non-hydrogen) atoms. The number of azo groups is 1. The van der Waals surface area contributed by atoms with E-state index in [2.05, 4.69) is 50.4 Å². The van der Waals surface area contributed by atoms with E-state index in [1.165, 1.54) is 5.69 Å². The monoisotopic (exact) mass is 292 g/mol. The molecule has 1 fully saturated rings. The second-order valence-corrected chi connectivity index (χ2v) is 5.21. The molecular formula is C18H20N4. The van der Waals surface area contributed by atoms with Crippen LogP contribution < -0.4 is 4.90 Å². The summed E-state index contributed by atoms with van der Waals surface area (Å²) in [4.78, 5) is 4.69. The fraction of sp³-hybridized carbons (Fsp3) is 0.222. The largest absolute Gasteiger partial charge is 0.373 e. The molecule has 0 saturated carbocycles. The zero-order valence-electron chi connectivity index (χ0n) is 12.5. The van der Waals surface area contributed by atoms with Gasteiger partial charge in [0.2, 0.25) is 0 Å². The molecule has 112 valence electrons. The number of para-hydroxylation sites is 1. The third kappa shape index (κ3) is 3.95. The van der Waals surface area contributed by atoms with Crippen LogP contribution in [0, 0.1) is 0 Å². The minimum atomic E-state index is 0.876. The summed E-state index contributed by atoms with van der Waals surface area (Å²) in [5, 5.41) is 8.26. The van der Waals surface area contributed by atoms with Gasteiger partial charge in [-0.25, -0.2) is 0 Å². The molecule has 0 radical (unpaired) electrons. The van der Waals surface area contributed by atoms with Crippen LogP contribution in [0.2, 0.25) is 0 Å². The van der Waals surface area contributed by atoms with E-state index in [9.17, 15) is 0 Å². The van der Waals surface area contributed by atoms with Gasteiger partial charge < -0.3 is 9.80 Å². The average Bonchev–Trinajstić information content (AvgIpc) is 2.61. The zero-order valence-corrected chi connectivity index (χ0v) is 12.5. The highest BCUT2D eigenvalue weighted by atomic mass is 15.3. The Hall–Kier alpha value is -2.62. The van der Waals surface area contributed by atoms with E-state index in [0.29, 0.717) is 0 Å². The van der Waals surface area contributed by atoms with E-state index >= 15 is 0 Å². The average molecular weight is 292 g/mol. The Balaban J connectivity index is 1.48. The third-order valence-electron chi connectivity index (χ3n) is 3.71. The summed E-state index contributed by atoms with van der Waals surface area (Å²) < 4.78 is 0. The molecule has 0 N–H and O–H groups in total. The second-order valence-electron chi connectivity index (χ2n) is 5.21. The first-order valence-electron chi connectivity index (χ1n) is 7.58. The molecule has 2 aromatic carbocycles. The lowest BCUT2D eigenvalue weighted by Crippen LogP contribution is -2.44. The minimum Gasteiger partial charge on any atom is -0.373 e. The maximum absolute atomic E-state index is 4.15. The fourth-order valence-corrected chi connectivity index (χ4v) is 2.49. The minimum absolute atomic E-state index is 0.876. The molecule has 1 saturated heterocycles. The molecular weight excluding hydrogens is 272 g/mol. The van der Waals surface area contributed by atoms with E-state index in [-0.39, 0.29) is 0 Å². The van der Waals surface area contributed by atoms with Crippen LogP contribution in [0.25, 0.3) is 0 Å². The maximum atomic E-state index is 4.15. The van der Waals surface area contributed by atoms with Crippen LogP contribution in [0.3, 0.4) is 0 Å². The van der Waals surface area contributed by atoms with E-state index in [4.69, 9.17) is 0 Å². The Morgan fingerprint density at radius 1 is 0.773 bits per heavy atom. The Bertz CT molecular complexity index is 614. The molecule has 0 bridgehead atoms. The van der Waals surface area contributed by atoms with E-state index < -0.39 is 0 Å². The number of anilines is 1. The summed E-state index contributed by atoms with van der Waals surface area (Å²) in [6, 6.07) is 20.3. The number of rotatable bonds is 4. The quantitative estimate of drug-likeness (QED) is 0.796. The zero-order chi connectivity index (χ0) is 15.0. The SMILES string of the molecule is C(=C\N1CCN(c2ccccc2)CC1)/N=Nc1ccccc1. The van der Waals surface area contributed by atoms with Gasteiger partial charge >= 0.3 is 0 Å². The van der Waals surface area contributed by atoms with Crippen LogP contribution in [-0.4, -0.2) is 31.1 Å². The summed E-state index contributed by atoms with van der Waals surface area (Å²) in [6.45, 7) is 4.08. The standard InChI is InChI=1S/C18H20N4/c1-3-7-17(8-4-1)20-19-11-12-21-13-15-22(16-14-21)18-9-5-2-6-10-18/h1-12H,13-16H2/b12-11+,20-19?. The van der Waals surface area contributed by atoms with Gasteiger partial charge in [-0.3, -0.25) is 0 Å². The molecule has 1 heterocycles. The van der Waals surface area contributed by atoms with Crippen molar-refractivity contribution in [3.8, 4) is 0 Å². The van der Waals surface area contributed by atoms with Gasteiger partial charge in [-0.15, -0.1) is 0 Å². The summed E-state index contributed by atoms with van der Waals surface area (Å²) in [7, 11) is 0. The smallest absolute Gasteiger partial charge is 0.0856 e. The fourth-order valence-electron chi connectivity index (χ4n) is 2.49. The molecule has 0 unspecified atom stereocenters. The lowest BCUT2D eigenvalue weighted by atomic mass is 10.2. The molecule has 0 aromatic heterocycles. The molecule has 0 aliphatic carbocycles. The Morgan fingerprint density at radius 3 is 2.09 bits per heavy atom. The number of nitrogens with zero attached hydrogens (tertiary/aromatic N) is 4. The van der Waals surface area contributed by atoms with Crippen LogP contribution in [0.4, 0.5) is 11.4 Å². The maximum Gasteiger partial charge on any atom is 0.0856 e. The number of hydrogen-bond donors (Lipinski definition) is 0. The van der Waals surface area contributed by atoms with Gasteiger partial charge in [0.25, 0.3) is 0 Å². The predicted molar refractivity (Wildman–Crippen MR) is 90.3 cm³/mol. The normalized spacial score (nSPS) is 15.8. The molecule has 4 nitrogen and oxygen atoms in total. The van der Waals surface area contributed by atoms with Crippen molar-refractivity contribution < 1.29 is 0 Å². The van der Waals surface area contributed by atoms with Gasteiger partial charge in [-0.05, 0) is 24.3 Å². The summed E-state index contributed by atoms with van der Waals surface area (Å²) >= 11 is 0. The highest BCUT2D eigenvalue weighted by Gasteiger charge is 2.14. The van der Waals surface area contributed by atoms with Crippen molar-refractivity contribution in [3.63, 3.8) is 0 Å². The molecule has 1 aliphatic heterocycles. The number of piperazine rings is 1. The van der Waals surface area contributed by atoms with Crippen molar-refractivity contribution in [2.45, 2.75) is 0 Å². The molecule has 0 spiro atoms. The van der Waals surface area contributed by atoms with E-state index in [1.54, 1.807) is 6.20 Å². The molecule has 2 aromatic rings. The molecule has 0 amide bonds. The lowest BCUT2D eigenvalue weighted by molar-refractivity contribution is 0.348. The van der Waals surface area contributed by atoms with Crippen LogP contribution in [0.5, 0.6) is 0 Å². The van der Waals surface area contributed by atoms with Crippen LogP contribution in [0.15, 0.2) is 83.3 Å². The van der Waals surface area contributed by atoms with E-state index in [0.717, 1.165) is 31.9 Å². The van der Waals surface area contributed by atoms with Gasteiger partial charge in [0, 0.05) is 38.1 Å². The van der Waals surface area contributed by atoms with Crippen molar-refractivity contribution in [1.29, 1.82) is 0 Å². The summed E-state index contributed by atoms with van der Waals surface area (Å²) in [5.74, 6) is 0. The molecule has 0 atom stereocenters. The van der Waals surface area contributed by atoms with Crippen LogP contribution in [-0.2, 0) is 0 Å². The Kier molecular flexibility index (Phi) is 4.82. The highest BCUT2D eigenvalue weighted by molar-refractivity contribution is 5.46. The van der Waals surface area contributed by atoms with Crippen molar-refractivity contribution in [1.82, 2.24) is 4.90 Å². The molecule has 4 heteroatoms. The molecule has 3 rings (SSSR count). The number of hydrogen-bond acceptors (Lipinski definition) is 4. The first kappa shape index (κ1) is 14.3. The highest BCUT2D eigenvalue weighted by Crippen LogP contribution is 2.15.